The lowest BCUT2D eigenvalue weighted by Crippen LogP contribution is -2.15. The van der Waals surface area contributed by atoms with Crippen molar-refractivity contribution in [1.82, 2.24) is 0 Å². The maximum absolute atomic E-state index is 12.5. The van der Waals surface area contributed by atoms with Gasteiger partial charge in [-0.3, -0.25) is 9.59 Å². The molecule has 1 heterocycles. The zero-order valence-corrected chi connectivity index (χ0v) is 15.7. The number of hydrogen-bond acceptors (Lipinski definition) is 4. The maximum Gasteiger partial charge on any atom is 0.256 e. The van der Waals surface area contributed by atoms with Crippen LogP contribution in [0.3, 0.4) is 0 Å². The highest BCUT2D eigenvalue weighted by Crippen LogP contribution is 2.37. The zero-order chi connectivity index (χ0) is 16.6. The van der Waals surface area contributed by atoms with Gasteiger partial charge in [-0.1, -0.05) is 15.9 Å². The van der Waals surface area contributed by atoms with Crippen molar-refractivity contribution in [3.8, 4) is 11.5 Å². The standard InChI is InChI=1S/C16H11BrINO4/c1-8(20)10-5-14-15(23-7-22-14)6-13(10)19-16(21)11-4-9(17)2-3-12(11)18/h2-6H,7H2,1H3,(H,19,21). The van der Waals surface area contributed by atoms with Crippen LogP contribution in [0, 0.1) is 3.57 Å². The molecule has 0 bridgehead atoms. The predicted molar refractivity (Wildman–Crippen MR) is 97.4 cm³/mol. The average molecular weight is 488 g/mol. The molecule has 0 aliphatic carbocycles. The second-order valence-corrected chi connectivity index (χ2v) is 6.96. The Morgan fingerprint density at radius 2 is 1.83 bits per heavy atom. The van der Waals surface area contributed by atoms with Gasteiger partial charge in [0.1, 0.15) is 0 Å². The number of Topliss-reactive ketones (excluding diaryl/α,β-unsaturated/α-hetero) is 1. The summed E-state index contributed by atoms with van der Waals surface area (Å²) in [5.41, 5.74) is 1.31. The van der Waals surface area contributed by atoms with Crippen LogP contribution in [0.15, 0.2) is 34.8 Å². The van der Waals surface area contributed by atoms with Gasteiger partial charge < -0.3 is 14.8 Å². The van der Waals surface area contributed by atoms with Crippen LogP contribution in [0.25, 0.3) is 0 Å². The van der Waals surface area contributed by atoms with Crippen molar-refractivity contribution in [1.29, 1.82) is 0 Å². The van der Waals surface area contributed by atoms with E-state index < -0.39 is 0 Å². The zero-order valence-electron chi connectivity index (χ0n) is 12.0. The van der Waals surface area contributed by atoms with Crippen molar-refractivity contribution < 1.29 is 19.1 Å². The number of carbonyl (C=O) groups excluding carboxylic acids is 2. The molecule has 0 saturated carbocycles. The Balaban J connectivity index is 1.97. The van der Waals surface area contributed by atoms with E-state index in [9.17, 15) is 9.59 Å². The smallest absolute Gasteiger partial charge is 0.256 e. The first-order valence-electron chi connectivity index (χ1n) is 6.66. The van der Waals surface area contributed by atoms with Crippen molar-refractivity contribution in [2.24, 2.45) is 0 Å². The molecule has 0 saturated heterocycles. The fraction of sp³-hybridized carbons (Fsp3) is 0.125. The Morgan fingerprint density at radius 3 is 2.52 bits per heavy atom. The van der Waals surface area contributed by atoms with Crippen LogP contribution < -0.4 is 14.8 Å². The van der Waals surface area contributed by atoms with Crippen molar-refractivity contribution in [3.63, 3.8) is 0 Å². The minimum Gasteiger partial charge on any atom is -0.454 e. The van der Waals surface area contributed by atoms with Gasteiger partial charge in [0, 0.05) is 19.7 Å². The summed E-state index contributed by atoms with van der Waals surface area (Å²) in [6.45, 7) is 1.55. The summed E-state index contributed by atoms with van der Waals surface area (Å²) in [6.07, 6.45) is 0. The molecule has 0 unspecified atom stereocenters. The molecule has 1 N–H and O–H groups in total. The van der Waals surface area contributed by atoms with E-state index in [1.165, 1.54) is 6.92 Å². The molecule has 0 atom stereocenters. The number of amides is 1. The van der Waals surface area contributed by atoms with Gasteiger partial charge in [-0.2, -0.15) is 0 Å². The van der Waals surface area contributed by atoms with Gasteiger partial charge in [0.2, 0.25) is 6.79 Å². The fourth-order valence-corrected chi connectivity index (χ4v) is 3.14. The van der Waals surface area contributed by atoms with E-state index in [0.29, 0.717) is 28.3 Å². The van der Waals surface area contributed by atoms with Crippen LogP contribution in [0.1, 0.15) is 27.6 Å². The second-order valence-electron chi connectivity index (χ2n) is 4.89. The molecule has 3 rings (SSSR count). The summed E-state index contributed by atoms with van der Waals surface area (Å²) in [5, 5.41) is 2.78. The van der Waals surface area contributed by atoms with E-state index in [1.807, 2.05) is 12.1 Å². The van der Waals surface area contributed by atoms with E-state index in [4.69, 9.17) is 9.47 Å². The van der Waals surface area contributed by atoms with Gasteiger partial charge >= 0.3 is 0 Å². The van der Waals surface area contributed by atoms with Crippen LogP contribution in [0.4, 0.5) is 5.69 Å². The van der Waals surface area contributed by atoms with Gasteiger partial charge in [-0.15, -0.1) is 0 Å². The number of ether oxygens (including phenoxy) is 2. The lowest BCUT2D eigenvalue weighted by molar-refractivity contribution is 0.101. The first kappa shape index (κ1) is 16.3. The number of hydrogen-bond donors (Lipinski definition) is 1. The number of ketones is 1. The minimum atomic E-state index is -0.294. The SMILES string of the molecule is CC(=O)c1cc2c(cc1NC(=O)c1cc(Br)ccc1I)OCO2. The molecule has 0 radical (unpaired) electrons. The first-order valence-corrected chi connectivity index (χ1v) is 8.54. The number of rotatable bonds is 3. The van der Waals surface area contributed by atoms with Crippen LogP contribution in [-0.2, 0) is 0 Å². The number of benzene rings is 2. The number of halogens is 2. The lowest BCUT2D eigenvalue weighted by atomic mass is 10.1. The number of nitrogens with one attached hydrogen (secondary N) is 1. The minimum absolute atomic E-state index is 0.105. The van der Waals surface area contributed by atoms with E-state index in [0.717, 1.165) is 8.04 Å². The molecule has 118 valence electrons. The Labute approximate surface area is 154 Å². The fourth-order valence-electron chi connectivity index (χ4n) is 2.20. The quantitative estimate of drug-likeness (QED) is 0.519. The van der Waals surface area contributed by atoms with Crippen molar-refractivity contribution in [2.75, 3.05) is 12.1 Å². The molecule has 1 aliphatic rings. The van der Waals surface area contributed by atoms with Crippen molar-refractivity contribution in [3.05, 3.63) is 49.5 Å². The van der Waals surface area contributed by atoms with Crippen LogP contribution >= 0.6 is 38.5 Å². The Morgan fingerprint density at radius 1 is 1.13 bits per heavy atom. The molecule has 0 fully saturated rings. The number of anilines is 1. The molecule has 1 aliphatic heterocycles. The highest BCUT2D eigenvalue weighted by atomic mass is 127. The molecule has 0 spiro atoms. The Bertz CT molecular complexity index is 822. The summed E-state index contributed by atoms with van der Waals surface area (Å²) in [6, 6.07) is 8.64. The third-order valence-electron chi connectivity index (χ3n) is 3.31. The van der Waals surface area contributed by atoms with Crippen LogP contribution in [0.5, 0.6) is 11.5 Å². The second kappa shape index (κ2) is 6.48. The van der Waals surface area contributed by atoms with Gasteiger partial charge in [0.15, 0.2) is 17.3 Å². The van der Waals surface area contributed by atoms with Crippen molar-refractivity contribution in [2.45, 2.75) is 6.92 Å². The summed E-state index contributed by atoms with van der Waals surface area (Å²) in [4.78, 5) is 24.4. The van der Waals surface area contributed by atoms with Gasteiger partial charge in [0.05, 0.1) is 11.3 Å². The van der Waals surface area contributed by atoms with Crippen LogP contribution in [0.2, 0.25) is 0 Å². The molecule has 0 aromatic heterocycles. The third kappa shape index (κ3) is 3.35. The summed E-state index contributed by atoms with van der Waals surface area (Å²) >= 11 is 5.45. The molecule has 1 amide bonds. The normalized spacial score (nSPS) is 12.1. The van der Waals surface area contributed by atoms with E-state index in [1.54, 1.807) is 18.2 Å². The topological polar surface area (TPSA) is 64.6 Å². The number of fused-ring (bicyclic) bond motifs is 1. The molecule has 7 heteroatoms. The average Bonchev–Trinajstić information content (AvgIpc) is 2.95. The molecule has 5 nitrogen and oxygen atoms in total. The largest absolute Gasteiger partial charge is 0.454 e. The molecular formula is C16H11BrINO4. The Hall–Kier alpha value is -1.61. The predicted octanol–water partition coefficient (Wildman–Crippen LogP) is 4.24. The van der Waals surface area contributed by atoms with Crippen LogP contribution in [-0.4, -0.2) is 18.5 Å². The summed E-state index contributed by atoms with van der Waals surface area (Å²) < 4.78 is 12.2. The monoisotopic (exact) mass is 487 g/mol. The third-order valence-corrected chi connectivity index (χ3v) is 4.75. The van der Waals surface area contributed by atoms with Gasteiger partial charge in [-0.05, 0) is 53.8 Å². The maximum atomic E-state index is 12.5. The number of carbonyl (C=O) groups is 2. The van der Waals surface area contributed by atoms with Gasteiger partial charge in [-0.25, -0.2) is 0 Å². The Kier molecular flexibility index (Phi) is 4.58. The van der Waals surface area contributed by atoms with Gasteiger partial charge in [0.25, 0.3) is 5.91 Å². The molecule has 2 aromatic carbocycles. The summed E-state index contributed by atoms with van der Waals surface area (Å²) in [7, 11) is 0. The first-order chi connectivity index (χ1) is 11.0. The van der Waals surface area contributed by atoms with E-state index in [-0.39, 0.29) is 18.5 Å². The highest BCUT2D eigenvalue weighted by molar-refractivity contribution is 14.1. The summed E-state index contributed by atoms with van der Waals surface area (Å²) in [5.74, 6) is 0.555. The highest BCUT2D eigenvalue weighted by Gasteiger charge is 2.21. The lowest BCUT2D eigenvalue weighted by Gasteiger charge is -2.11. The van der Waals surface area contributed by atoms with Crippen molar-refractivity contribution >= 4 is 55.9 Å². The molecular weight excluding hydrogens is 477 g/mol. The van der Waals surface area contributed by atoms with E-state index in [2.05, 4.69) is 43.8 Å². The van der Waals surface area contributed by atoms with E-state index >= 15 is 0 Å². The molecule has 2 aromatic rings. The molecule has 23 heavy (non-hydrogen) atoms.